The van der Waals surface area contributed by atoms with E-state index in [9.17, 15) is 0 Å². The molecule has 0 aliphatic heterocycles. The maximum atomic E-state index is 8.71. The number of benzene rings is 2. The molecule has 0 bridgehead atoms. The van der Waals surface area contributed by atoms with E-state index in [0.717, 1.165) is 11.4 Å². The molecule has 0 atom stereocenters. The Kier molecular flexibility index (Phi) is 4.16. The predicted octanol–water partition coefficient (Wildman–Crippen LogP) is 2.45. The van der Waals surface area contributed by atoms with Gasteiger partial charge in [-0.1, -0.05) is 47.6 Å². The summed E-state index contributed by atoms with van der Waals surface area (Å²) < 4.78 is 9.56. The van der Waals surface area contributed by atoms with Gasteiger partial charge in [-0.05, 0) is 16.3 Å². The number of fused-ring (bicyclic) bond motifs is 1. The van der Waals surface area contributed by atoms with Gasteiger partial charge in [-0.15, -0.1) is 0 Å². The average molecular weight is 296 g/mol. The van der Waals surface area contributed by atoms with E-state index in [2.05, 4.69) is 29.4 Å². The largest absolute Gasteiger partial charge is 0.411 e. The minimum absolute atomic E-state index is 0.394. The number of rotatable bonds is 5. The molecule has 0 aliphatic rings. The second kappa shape index (κ2) is 6.41. The molecule has 22 heavy (non-hydrogen) atoms. The number of nitrogens with zero attached hydrogens (tertiary/aromatic N) is 3. The molecule has 5 heteroatoms. The van der Waals surface area contributed by atoms with Crippen LogP contribution >= 0.6 is 0 Å². The number of oxime groups is 1. The third-order valence-electron chi connectivity index (χ3n) is 3.67. The first-order valence-corrected chi connectivity index (χ1v) is 7.06. The second-order valence-corrected chi connectivity index (χ2v) is 5.10. The van der Waals surface area contributed by atoms with E-state index >= 15 is 0 Å². The van der Waals surface area contributed by atoms with Gasteiger partial charge >= 0.3 is 5.82 Å². The quantitative estimate of drug-likeness (QED) is 0.340. The Morgan fingerprint density at radius 3 is 2.91 bits per heavy atom. The molecule has 0 unspecified atom stereocenters. The van der Waals surface area contributed by atoms with Crippen molar-refractivity contribution in [2.75, 3.05) is 0 Å². The number of hydrogen-bond acceptors (Lipinski definition) is 3. The van der Waals surface area contributed by atoms with E-state index < -0.39 is 0 Å². The van der Waals surface area contributed by atoms with Crippen LogP contribution in [0.5, 0.6) is 0 Å². The summed E-state index contributed by atoms with van der Waals surface area (Å²) in [6, 6.07) is 14.5. The number of ether oxygens (including phenoxy) is 1. The van der Waals surface area contributed by atoms with E-state index in [1.165, 1.54) is 17.0 Å². The van der Waals surface area contributed by atoms with E-state index in [4.69, 9.17) is 9.94 Å². The summed E-state index contributed by atoms with van der Waals surface area (Å²) in [7, 11) is 1.89. The van der Waals surface area contributed by atoms with Crippen molar-refractivity contribution in [3.63, 3.8) is 0 Å². The van der Waals surface area contributed by atoms with Gasteiger partial charge in [0.05, 0.1) is 13.7 Å². The summed E-state index contributed by atoms with van der Waals surface area (Å²) in [5, 5.41) is 14.2. The standard InChI is InChI=1S/C17H17N3O2/c1-19-9-10-20(17(19)11-18-21)13-22-12-15-7-4-6-14-5-2-3-8-16(14)15/h2-11H,12-13H2,1H3/p+1. The molecular weight excluding hydrogens is 278 g/mol. The minimum Gasteiger partial charge on any atom is -0.411 e. The van der Waals surface area contributed by atoms with Gasteiger partial charge < -0.3 is 9.94 Å². The highest BCUT2D eigenvalue weighted by molar-refractivity contribution is 5.85. The first kappa shape index (κ1) is 14.3. The molecule has 0 radical (unpaired) electrons. The van der Waals surface area contributed by atoms with Crippen LogP contribution in [0.25, 0.3) is 10.8 Å². The zero-order valence-electron chi connectivity index (χ0n) is 12.4. The fourth-order valence-electron chi connectivity index (χ4n) is 2.53. The molecule has 0 aliphatic carbocycles. The predicted molar refractivity (Wildman–Crippen MR) is 83.7 cm³/mol. The van der Waals surface area contributed by atoms with Crippen LogP contribution in [0.1, 0.15) is 11.4 Å². The van der Waals surface area contributed by atoms with Crippen LogP contribution in [0.3, 0.4) is 0 Å². The van der Waals surface area contributed by atoms with Gasteiger partial charge in [-0.25, -0.2) is 9.13 Å². The molecule has 1 heterocycles. The van der Waals surface area contributed by atoms with E-state index in [0.29, 0.717) is 13.3 Å². The molecule has 5 nitrogen and oxygen atoms in total. The Labute approximate surface area is 128 Å². The highest BCUT2D eigenvalue weighted by Crippen LogP contribution is 2.19. The molecular formula is C17H18N3O2+. The monoisotopic (exact) mass is 296 g/mol. The molecule has 0 amide bonds. The summed E-state index contributed by atoms with van der Waals surface area (Å²) >= 11 is 0. The lowest BCUT2D eigenvalue weighted by Crippen LogP contribution is -2.32. The van der Waals surface area contributed by atoms with Crippen molar-refractivity contribution in [2.45, 2.75) is 13.3 Å². The SMILES string of the molecule is C[n+]1ccn(COCc2cccc3ccccc23)c1/C=N/O. The van der Waals surface area contributed by atoms with E-state index in [1.54, 1.807) is 0 Å². The molecule has 112 valence electrons. The number of aromatic nitrogens is 2. The zero-order valence-corrected chi connectivity index (χ0v) is 12.4. The van der Waals surface area contributed by atoms with Gasteiger partial charge in [-0.3, -0.25) is 0 Å². The van der Waals surface area contributed by atoms with Crippen LogP contribution in [0.4, 0.5) is 0 Å². The maximum Gasteiger partial charge on any atom is 0.305 e. The Hall–Kier alpha value is -2.66. The average Bonchev–Trinajstić information content (AvgIpc) is 2.89. The maximum absolute atomic E-state index is 8.71. The van der Waals surface area contributed by atoms with Crippen molar-refractivity contribution in [2.24, 2.45) is 12.2 Å². The summed E-state index contributed by atoms with van der Waals surface area (Å²) in [5.74, 6) is 0.764. The third kappa shape index (κ3) is 2.84. The van der Waals surface area contributed by atoms with Gasteiger partial charge in [-0.2, -0.15) is 0 Å². The van der Waals surface area contributed by atoms with Gasteiger partial charge in [0.1, 0.15) is 12.4 Å². The van der Waals surface area contributed by atoms with Crippen molar-refractivity contribution >= 4 is 17.0 Å². The first-order valence-electron chi connectivity index (χ1n) is 7.06. The Balaban J connectivity index is 1.73. The lowest BCUT2D eigenvalue weighted by atomic mass is 10.1. The van der Waals surface area contributed by atoms with Gasteiger partial charge in [0.25, 0.3) is 0 Å². The number of imidazole rings is 1. The van der Waals surface area contributed by atoms with Crippen LogP contribution < -0.4 is 4.57 Å². The molecule has 0 spiro atoms. The van der Waals surface area contributed by atoms with Gasteiger partial charge in [0.2, 0.25) is 0 Å². The summed E-state index contributed by atoms with van der Waals surface area (Å²) in [6.45, 7) is 0.921. The van der Waals surface area contributed by atoms with Crippen molar-refractivity contribution in [1.29, 1.82) is 0 Å². The summed E-state index contributed by atoms with van der Waals surface area (Å²) in [4.78, 5) is 0. The van der Waals surface area contributed by atoms with Crippen LogP contribution in [0.15, 0.2) is 60.0 Å². The molecule has 1 N–H and O–H groups in total. The third-order valence-corrected chi connectivity index (χ3v) is 3.67. The molecule has 3 rings (SSSR count). The van der Waals surface area contributed by atoms with Crippen LogP contribution in [0, 0.1) is 0 Å². The Bertz CT molecular complexity index is 803. The van der Waals surface area contributed by atoms with E-state index in [1.807, 2.05) is 46.8 Å². The molecule has 0 fully saturated rings. The van der Waals surface area contributed by atoms with Crippen LogP contribution in [0.2, 0.25) is 0 Å². The van der Waals surface area contributed by atoms with E-state index in [-0.39, 0.29) is 0 Å². The van der Waals surface area contributed by atoms with Crippen LogP contribution in [-0.4, -0.2) is 16.0 Å². The van der Waals surface area contributed by atoms with Crippen LogP contribution in [-0.2, 0) is 25.1 Å². The number of hydrogen-bond donors (Lipinski definition) is 1. The molecule has 3 aromatic rings. The van der Waals surface area contributed by atoms with Crippen molar-refractivity contribution < 1.29 is 14.5 Å². The van der Waals surface area contributed by atoms with Crippen molar-refractivity contribution in [1.82, 2.24) is 4.57 Å². The van der Waals surface area contributed by atoms with Gasteiger partial charge in [0.15, 0.2) is 12.9 Å². The molecule has 0 saturated carbocycles. The highest BCUT2D eigenvalue weighted by Gasteiger charge is 2.12. The summed E-state index contributed by atoms with van der Waals surface area (Å²) in [6.07, 6.45) is 5.17. The first-order chi connectivity index (χ1) is 10.8. The Morgan fingerprint density at radius 1 is 1.23 bits per heavy atom. The highest BCUT2D eigenvalue weighted by atomic mass is 16.5. The minimum atomic E-state index is 0.394. The lowest BCUT2D eigenvalue weighted by molar-refractivity contribution is -0.672. The molecule has 0 saturated heterocycles. The Morgan fingerprint density at radius 2 is 2.05 bits per heavy atom. The fourth-order valence-corrected chi connectivity index (χ4v) is 2.53. The normalized spacial score (nSPS) is 11.5. The lowest BCUT2D eigenvalue weighted by Gasteiger charge is -2.07. The number of aryl methyl sites for hydroxylation is 1. The van der Waals surface area contributed by atoms with Gasteiger partial charge in [0, 0.05) is 0 Å². The summed E-state index contributed by atoms with van der Waals surface area (Å²) in [5.41, 5.74) is 1.16. The second-order valence-electron chi connectivity index (χ2n) is 5.10. The molecule has 1 aromatic heterocycles. The smallest absolute Gasteiger partial charge is 0.305 e. The van der Waals surface area contributed by atoms with Crippen molar-refractivity contribution in [3.8, 4) is 0 Å². The fraction of sp³-hybridized carbons (Fsp3) is 0.176. The molecule has 2 aromatic carbocycles. The topological polar surface area (TPSA) is 50.6 Å². The van der Waals surface area contributed by atoms with Crippen molar-refractivity contribution in [3.05, 3.63) is 66.2 Å². The zero-order chi connectivity index (χ0) is 15.4.